The number of benzene rings is 4. The highest BCUT2D eigenvalue weighted by Gasteiger charge is 2.18. The van der Waals surface area contributed by atoms with Crippen molar-refractivity contribution in [1.29, 1.82) is 0 Å². The molecule has 0 bridgehead atoms. The fourth-order valence-corrected chi connectivity index (χ4v) is 3.45. The van der Waals surface area contributed by atoms with E-state index in [4.69, 9.17) is 40.2 Å². The SMILES string of the molecule is C#Cc1cc2cc(Oc3ccc(N)c(O)c3)cc(C#C)c2c(C#C)c1Oc1ccc(N)c(O)c1. The normalized spacial score (nSPS) is 10.1. The van der Waals surface area contributed by atoms with Crippen LogP contribution in [0.15, 0.2) is 54.6 Å². The van der Waals surface area contributed by atoms with Gasteiger partial charge in [0.15, 0.2) is 5.75 Å². The minimum absolute atomic E-state index is 0.102. The summed E-state index contributed by atoms with van der Waals surface area (Å²) < 4.78 is 11.9. The highest BCUT2D eigenvalue weighted by Crippen LogP contribution is 2.40. The molecule has 4 aromatic carbocycles. The smallest absolute Gasteiger partial charge is 0.159 e. The summed E-state index contributed by atoms with van der Waals surface area (Å²) >= 11 is 0. The third-order valence-electron chi connectivity index (χ3n) is 5.08. The van der Waals surface area contributed by atoms with Crippen molar-refractivity contribution in [2.45, 2.75) is 0 Å². The van der Waals surface area contributed by atoms with Crippen LogP contribution in [0, 0.1) is 37.0 Å². The first-order valence-electron chi connectivity index (χ1n) is 9.92. The van der Waals surface area contributed by atoms with E-state index in [-0.39, 0.29) is 28.6 Å². The van der Waals surface area contributed by atoms with Gasteiger partial charge in [-0.05, 0) is 47.9 Å². The highest BCUT2D eigenvalue weighted by atomic mass is 16.5. The van der Waals surface area contributed by atoms with Crippen molar-refractivity contribution in [3.8, 4) is 71.5 Å². The van der Waals surface area contributed by atoms with Gasteiger partial charge < -0.3 is 31.2 Å². The summed E-state index contributed by atoms with van der Waals surface area (Å²) in [7, 11) is 0. The summed E-state index contributed by atoms with van der Waals surface area (Å²) in [6.07, 6.45) is 17.4. The molecule has 0 heterocycles. The van der Waals surface area contributed by atoms with Crippen molar-refractivity contribution in [1.82, 2.24) is 0 Å². The quantitative estimate of drug-likeness (QED) is 0.201. The molecule has 0 atom stereocenters. The molecule has 34 heavy (non-hydrogen) atoms. The number of anilines is 2. The number of phenols is 2. The Hall–Kier alpha value is -5.38. The Morgan fingerprint density at radius 3 is 1.76 bits per heavy atom. The van der Waals surface area contributed by atoms with Crippen LogP contribution in [0.4, 0.5) is 11.4 Å². The summed E-state index contributed by atoms with van der Waals surface area (Å²) in [4.78, 5) is 0. The molecule has 0 spiro atoms. The lowest BCUT2D eigenvalue weighted by Gasteiger charge is -2.16. The first kappa shape index (κ1) is 21.8. The molecule has 0 saturated carbocycles. The van der Waals surface area contributed by atoms with Gasteiger partial charge in [0.1, 0.15) is 28.7 Å². The number of hydrogen-bond acceptors (Lipinski definition) is 6. The van der Waals surface area contributed by atoms with Gasteiger partial charge in [0.25, 0.3) is 0 Å². The Morgan fingerprint density at radius 2 is 1.24 bits per heavy atom. The van der Waals surface area contributed by atoms with Crippen molar-refractivity contribution in [2.75, 3.05) is 11.5 Å². The Bertz CT molecular complexity index is 1580. The van der Waals surface area contributed by atoms with E-state index >= 15 is 0 Å². The van der Waals surface area contributed by atoms with E-state index in [1.807, 2.05) is 0 Å². The number of ether oxygens (including phenoxy) is 2. The van der Waals surface area contributed by atoms with Crippen LogP contribution in [0.25, 0.3) is 10.8 Å². The third kappa shape index (κ3) is 3.94. The van der Waals surface area contributed by atoms with Gasteiger partial charge in [-0.3, -0.25) is 0 Å². The monoisotopic (exact) mass is 446 g/mol. The Kier molecular flexibility index (Phi) is 5.54. The van der Waals surface area contributed by atoms with Crippen LogP contribution >= 0.6 is 0 Å². The molecular weight excluding hydrogens is 428 g/mol. The van der Waals surface area contributed by atoms with E-state index in [0.717, 1.165) is 0 Å². The lowest BCUT2D eigenvalue weighted by molar-refractivity contribution is 0.455. The topological polar surface area (TPSA) is 111 Å². The number of aromatic hydroxyl groups is 2. The average molecular weight is 446 g/mol. The standard InChI is InChI=1S/C28H18N2O4/c1-4-16-12-21(33-19-7-9-23(29)25(31)14-19)13-18-11-17(5-2)28(22(6-3)27(16)18)34-20-8-10-24(30)26(32)15-20/h1-3,7-15,31-32H,29-30H2. The van der Waals surface area contributed by atoms with Gasteiger partial charge in [-0.25, -0.2) is 0 Å². The molecule has 6 N–H and O–H groups in total. The predicted octanol–water partition coefficient (Wildman–Crippen LogP) is 4.94. The molecule has 0 radical (unpaired) electrons. The molecule has 0 aliphatic heterocycles. The number of terminal acetylenes is 3. The maximum absolute atomic E-state index is 9.92. The van der Waals surface area contributed by atoms with E-state index in [1.54, 1.807) is 30.3 Å². The van der Waals surface area contributed by atoms with Crippen molar-refractivity contribution < 1.29 is 19.7 Å². The van der Waals surface area contributed by atoms with E-state index in [2.05, 4.69) is 17.8 Å². The number of nitrogens with two attached hydrogens (primary N) is 2. The van der Waals surface area contributed by atoms with Crippen LogP contribution in [0.5, 0.6) is 34.5 Å². The fraction of sp³-hybridized carbons (Fsp3) is 0. The number of nitrogen functional groups attached to an aromatic ring is 2. The Labute approximate surface area is 196 Å². The maximum Gasteiger partial charge on any atom is 0.159 e. The number of fused-ring (bicyclic) bond motifs is 1. The molecule has 0 fully saturated rings. The van der Waals surface area contributed by atoms with Crippen molar-refractivity contribution in [3.63, 3.8) is 0 Å². The number of hydrogen-bond donors (Lipinski definition) is 4. The minimum Gasteiger partial charge on any atom is -0.506 e. The largest absolute Gasteiger partial charge is 0.506 e. The fourth-order valence-electron chi connectivity index (χ4n) is 3.45. The molecule has 4 aromatic rings. The maximum atomic E-state index is 9.92. The summed E-state index contributed by atoms with van der Waals surface area (Å²) in [6, 6.07) is 14.1. The lowest BCUT2D eigenvalue weighted by Crippen LogP contribution is -1.97. The first-order valence-corrected chi connectivity index (χ1v) is 9.92. The molecule has 0 amide bonds. The number of phenolic OH excluding ortho intramolecular Hbond substituents is 2. The lowest BCUT2D eigenvalue weighted by atomic mass is 9.95. The molecule has 0 saturated heterocycles. The average Bonchev–Trinajstić information content (AvgIpc) is 2.82. The Balaban J connectivity index is 1.87. The van der Waals surface area contributed by atoms with E-state index in [1.165, 1.54) is 24.3 Å². The van der Waals surface area contributed by atoms with Crippen LogP contribution in [0.3, 0.4) is 0 Å². The van der Waals surface area contributed by atoms with E-state index in [0.29, 0.717) is 44.7 Å². The second-order valence-electron chi connectivity index (χ2n) is 7.28. The van der Waals surface area contributed by atoms with Crippen molar-refractivity contribution in [3.05, 3.63) is 71.3 Å². The van der Waals surface area contributed by atoms with Crippen LogP contribution < -0.4 is 20.9 Å². The van der Waals surface area contributed by atoms with Gasteiger partial charge in [-0.15, -0.1) is 19.3 Å². The van der Waals surface area contributed by atoms with Crippen LogP contribution in [0.1, 0.15) is 16.7 Å². The van der Waals surface area contributed by atoms with Gasteiger partial charge in [-0.1, -0.05) is 17.8 Å². The van der Waals surface area contributed by atoms with Crippen molar-refractivity contribution >= 4 is 22.1 Å². The summed E-state index contributed by atoms with van der Waals surface area (Å²) in [5.74, 6) is 8.92. The second-order valence-corrected chi connectivity index (χ2v) is 7.28. The van der Waals surface area contributed by atoms with Gasteiger partial charge in [-0.2, -0.15) is 0 Å². The zero-order valence-electron chi connectivity index (χ0n) is 17.8. The van der Waals surface area contributed by atoms with Crippen molar-refractivity contribution in [2.24, 2.45) is 0 Å². The second kappa shape index (κ2) is 8.63. The minimum atomic E-state index is -0.136. The molecule has 0 aliphatic rings. The van der Waals surface area contributed by atoms with Gasteiger partial charge >= 0.3 is 0 Å². The predicted molar refractivity (Wildman–Crippen MR) is 133 cm³/mol. The van der Waals surface area contributed by atoms with E-state index in [9.17, 15) is 10.2 Å². The zero-order valence-corrected chi connectivity index (χ0v) is 17.8. The molecule has 0 aromatic heterocycles. The summed E-state index contributed by atoms with van der Waals surface area (Å²) in [5, 5.41) is 21.0. The molecule has 6 nitrogen and oxygen atoms in total. The Morgan fingerprint density at radius 1 is 0.647 bits per heavy atom. The molecule has 164 valence electrons. The summed E-state index contributed by atoms with van der Waals surface area (Å²) in [5.41, 5.74) is 12.9. The number of rotatable bonds is 4. The molecular formula is C28H18N2O4. The van der Waals surface area contributed by atoms with Crippen LogP contribution in [-0.2, 0) is 0 Å². The molecule has 0 unspecified atom stereocenters. The highest BCUT2D eigenvalue weighted by molar-refractivity contribution is 5.98. The molecule has 4 rings (SSSR count). The summed E-state index contributed by atoms with van der Waals surface area (Å²) in [6.45, 7) is 0. The third-order valence-corrected chi connectivity index (χ3v) is 5.08. The van der Waals surface area contributed by atoms with E-state index < -0.39 is 0 Å². The van der Waals surface area contributed by atoms with Gasteiger partial charge in [0.2, 0.25) is 0 Å². The zero-order chi connectivity index (χ0) is 24.4. The van der Waals surface area contributed by atoms with Gasteiger partial charge in [0, 0.05) is 23.1 Å². The van der Waals surface area contributed by atoms with Crippen LogP contribution in [0.2, 0.25) is 0 Å². The molecule has 6 heteroatoms. The van der Waals surface area contributed by atoms with Crippen LogP contribution in [-0.4, -0.2) is 10.2 Å². The first-order chi connectivity index (χ1) is 16.3. The molecule has 0 aliphatic carbocycles. The van der Waals surface area contributed by atoms with Gasteiger partial charge in [0.05, 0.1) is 22.5 Å².